The van der Waals surface area contributed by atoms with Crippen molar-refractivity contribution in [1.82, 2.24) is 0 Å². The van der Waals surface area contributed by atoms with Crippen LogP contribution in [0.3, 0.4) is 0 Å². The summed E-state index contributed by atoms with van der Waals surface area (Å²) in [7, 11) is -0.536. The lowest BCUT2D eigenvalue weighted by molar-refractivity contribution is -0.147. The Morgan fingerprint density at radius 3 is 2.90 bits per heavy atom. The maximum Gasteiger partial charge on any atom is 0.323 e. The van der Waals surface area contributed by atoms with Crippen molar-refractivity contribution in [2.75, 3.05) is 7.09 Å². The number of ether oxygens (including phenoxy) is 1. The van der Waals surface area contributed by atoms with Crippen LogP contribution in [0.4, 0.5) is 0 Å². The molecule has 0 aromatic heterocycles. The maximum absolute atomic E-state index is 10.5. The molecular weight excluding hydrogens is 138 g/mol. The molecule has 0 aromatic carbocycles. The number of rotatable bonds is 3. The molecule has 0 spiro atoms. The molecule has 10 heavy (non-hydrogen) atoms. The van der Waals surface area contributed by atoms with Gasteiger partial charge in [-0.15, -0.1) is 0 Å². The van der Waals surface area contributed by atoms with Gasteiger partial charge in [-0.2, -0.15) is 0 Å². The first-order valence-corrected chi connectivity index (χ1v) is 2.51. The quantitative estimate of drug-likeness (QED) is 0.499. The Balaban J connectivity index is 3.73. The van der Waals surface area contributed by atoms with Crippen molar-refractivity contribution in [2.24, 2.45) is 5.73 Å². The van der Waals surface area contributed by atoms with Gasteiger partial charge in [0.05, 0.1) is 14.9 Å². The van der Waals surface area contributed by atoms with Crippen molar-refractivity contribution >= 4 is 11.9 Å². The fourth-order valence-electron chi connectivity index (χ4n) is 0.378. The molecule has 0 bridgehead atoms. The summed E-state index contributed by atoms with van der Waals surface area (Å²) in [5.41, 5.74) is 5.07. The van der Waals surface area contributed by atoms with Gasteiger partial charge in [-0.25, -0.2) is 0 Å². The molecule has 0 saturated carbocycles. The zero-order chi connectivity index (χ0) is 8.85. The third-order valence-electron chi connectivity index (χ3n) is 0.840. The van der Waals surface area contributed by atoms with Crippen molar-refractivity contribution in [3.8, 4) is 0 Å². The molecule has 0 fully saturated rings. The second-order valence-corrected chi connectivity index (χ2v) is 1.67. The van der Waals surface area contributed by atoms with Gasteiger partial charge in [-0.3, -0.25) is 9.59 Å². The lowest BCUT2D eigenvalue weighted by atomic mass is 10.2. The van der Waals surface area contributed by atoms with Crippen molar-refractivity contribution in [1.29, 1.82) is 0 Å². The van der Waals surface area contributed by atoms with Gasteiger partial charge >= 0.3 is 11.9 Å². The standard InChI is InChI=1S/C5H9NO4/c1-10-5(9)3(6)2-4(7)8/h3H,2,6H2,1H3,(H,7,8)/t3-/m0/s1/i1D. The first-order valence-electron chi connectivity index (χ1n) is 3.22. The molecule has 0 saturated heterocycles. The van der Waals surface area contributed by atoms with E-state index in [4.69, 9.17) is 12.2 Å². The number of carbonyl (C=O) groups is 2. The van der Waals surface area contributed by atoms with Crippen LogP contribution in [-0.2, 0) is 14.3 Å². The Morgan fingerprint density at radius 2 is 2.50 bits per heavy atom. The van der Waals surface area contributed by atoms with Gasteiger partial charge in [-0.05, 0) is 0 Å². The molecular formula is C5H9NO4. The number of esters is 1. The number of carboxylic acid groups (broad SMARTS) is 1. The molecule has 0 radical (unpaired) electrons. The van der Waals surface area contributed by atoms with Gasteiger partial charge in [0, 0.05) is 0 Å². The highest BCUT2D eigenvalue weighted by Crippen LogP contribution is 1.89. The van der Waals surface area contributed by atoms with Crippen LogP contribution in [0.2, 0.25) is 0 Å². The highest BCUT2D eigenvalue weighted by Gasteiger charge is 2.16. The van der Waals surface area contributed by atoms with Crippen molar-refractivity contribution in [3.63, 3.8) is 0 Å². The van der Waals surface area contributed by atoms with E-state index in [2.05, 4.69) is 4.74 Å². The average molecular weight is 148 g/mol. The minimum atomic E-state index is -1.17. The van der Waals surface area contributed by atoms with Crippen LogP contribution in [0.25, 0.3) is 0 Å². The molecule has 58 valence electrons. The monoisotopic (exact) mass is 148 g/mol. The first-order chi connectivity index (χ1) is 5.07. The Kier molecular flexibility index (Phi) is 2.69. The topological polar surface area (TPSA) is 89.6 Å². The number of carboxylic acids is 1. The molecule has 0 aliphatic carbocycles. The van der Waals surface area contributed by atoms with Crippen LogP contribution in [0.15, 0.2) is 0 Å². The molecule has 0 heterocycles. The molecule has 5 heteroatoms. The summed E-state index contributed by atoms with van der Waals surface area (Å²) >= 11 is 0. The summed E-state index contributed by atoms with van der Waals surface area (Å²) < 4.78 is 10.6. The zero-order valence-electron chi connectivity index (χ0n) is 6.24. The normalized spacial score (nSPS) is 13.5. The molecule has 0 unspecified atom stereocenters. The molecule has 0 aliphatic rings. The number of hydrogen-bond donors (Lipinski definition) is 2. The largest absolute Gasteiger partial charge is 0.481 e. The average Bonchev–Trinajstić information content (AvgIpc) is 1.86. The van der Waals surface area contributed by atoms with E-state index in [9.17, 15) is 9.59 Å². The number of carbonyl (C=O) groups excluding carboxylic acids is 1. The Bertz CT molecular complexity index is 161. The summed E-state index contributed by atoms with van der Waals surface area (Å²) in [5, 5.41) is 8.17. The van der Waals surface area contributed by atoms with Crippen LogP contribution in [0.1, 0.15) is 7.79 Å². The third-order valence-corrected chi connectivity index (χ3v) is 0.840. The van der Waals surface area contributed by atoms with Crippen molar-refractivity contribution in [3.05, 3.63) is 0 Å². The van der Waals surface area contributed by atoms with Crippen LogP contribution in [-0.4, -0.2) is 30.2 Å². The van der Waals surface area contributed by atoms with E-state index in [-0.39, 0.29) is 0 Å². The van der Waals surface area contributed by atoms with Crippen molar-refractivity contribution in [2.45, 2.75) is 12.5 Å². The summed E-state index contributed by atoms with van der Waals surface area (Å²) in [6.07, 6.45) is -0.473. The molecule has 5 nitrogen and oxygen atoms in total. The van der Waals surface area contributed by atoms with E-state index < -0.39 is 31.5 Å². The molecule has 0 aromatic rings. The summed E-state index contributed by atoms with van der Waals surface area (Å²) in [6, 6.07) is -1.17. The Hall–Kier alpha value is -1.10. The molecule has 0 aliphatic heterocycles. The molecule has 0 rings (SSSR count). The molecule has 1 atom stereocenters. The van der Waals surface area contributed by atoms with E-state index in [1.165, 1.54) is 0 Å². The highest BCUT2D eigenvalue weighted by molar-refractivity contribution is 5.81. The van der Waals surface area contributed by atoms with Crippen molar-refractivity contribution < 1.29 is 20.8 Å². The van der Waals surface area contributed by atoms with Crippen LogP contribution in [0.5, 0.6) is 0 Å². The molecule has 0 amide bonds. The van der Waals surface area contributed by atoms with Crippen LogP contribution < -0.4 is 5.73 Å². The SMILES string of the molecule is [2H]COC(=O)[C@@H](N)CC(=O)O. The Labute approximate surface area is 59.2 Å². The lowest BCUT2D eigenvalue weighted by Crippen LogP contribution is -2.33. The lowest BCUT2D eigenvalue weighted by Gasteiger charge is -2.04. The number of methoxy groups -OCH3 is 1. The molecule has 3 N–H and O–H groups in total. The Morgan fingerprint density at radius 1 is 1.90 bits per heavy atom. The fourth-order valence-corrected chi connectivity index (χ4v) is 0.378. The van der Waals surface area contributed by atoms with Gasteiger partial charge < -0.3 is 15.6 Å². The van der Waals surface area contributed by atoms with Crippen LogP contribution >= 0.6 is 0 Å². The van der Waals surface area contributed by atoms with E-state index in [0.717, 1.165) is 0 Å². The number of aliphatic carboxylic acids is 1. The third kappa shape index (κ3) is 3.03. The van der Waals surface area contributed by atoms with Gasteiger partial charge in [0.1, 0.15) is 6.04 Å². The van der Waals surface area contributed by atoms with Gasteiger partial charge in [0.15, 0.2) is 0 Å². The van der Waals surface area contributed by atoms with Gasteiger partial charge in [-0.1, -0.05) is 0 Å². The van der Waals surface area contributed by atoms with Gasteiger partial charge in [0.2, 0.25) is 0 Å². The first kappa shape index (κ1) is 7.01. The highest BCUT2D eigenvalue weighted by atomic mass is 16.5. The summed E-state index contributed by atoms with van der Waals surface area (Å²) in [6.45, 7) is 0. The van der Waals surface area contributed by atoms with E-state index >= 15 is 0 Å². The van der Waals surface area contributed by atoms with E-state index in [1.54, 1.807) is 0 Å². The summed E-state index contributed by atoms with van der Waals surface area (Å²) in [5.74, 6) is -2.03. The number of hydrogen-bond acceptors (Lipinski definition) is 4. The minimum absolute atomic E-state index is 0.473. The predicted octanol–water partition coefficient (Wildman–Crippen LogP) is -1.04. The van der Waals surface area contributed by atoms with Crippen LogP contribution in [0, 0.1) is 0 Å². The minimum Gasteiger partial charge on any atom is -0.481 e. The smallest absolute Gasteiger partial charge is 0.323 e. The second kappa shape index (κ2) is 3.84. The van der Waals surface area contributed by atoms with E-state index in [0.29, 0.717) is 0 Å². The number of nitrogens with two attached hydrogens (primary N) is 1. The van der Waals surface area contributed by atoms with Gasteiger partial charge in [0.25, 0.3) is 0 Å². The maximum atomic E-state index is 10.5. The summed E-state index contributed by atoms with van der Waals surface area (Å²) in [4.78, 5) is 20.5. The zero-order valence-corrected chi connectivity index (χ0v) is 5.24. The fraction of sp³-hybridized carbons (Fsp3) is 0.600. The second-order valence-electron chi connectivity index (χ2n) is 1.67. The van der Waals surface area contributed by atoms with E-state index in [1.807, 2.05) is 0 Å². The predicted molar refractivity (Wildman–Crippen MR) is 32.2 cm³/mol.